The third-order valence-corrected chi connectivity index (χ3v) is 4.27. The molecule has 0 aromatic rings. The molecule has 1 aliphatic rings. The van der Waals surface area contributed by atoms with Crippen LogP contribution in [0.2, 0.25) is 0 Å². The van der Waals surface area contributed by atoms with Gasteiger partial charge in [0.15, 0.2) is 0 Å². The number of rotatable bonds is 8. The molecule has 1 saturated carbocycles. The Morgan fingerprint density at radius 3 is 2.83 bits per heavy atom. The van der Waals surface area contributed by atoms with Crippen molar-refractivity contribution in [3.8, 4) is 0 Å². The predicted octanol–water partition coefficient (Wildman–Crippen LogP) is 2.58. The maximum absolute atomic E-state index is 9.84. The molecule has 1 fully saturated rings. The minimum atomic E-state index is -0.369. The topological polar surface area (TPSA) is 41.5 Å². The number of unbranched alkanes of at least 4 members (excludes halogenated alkanes) is 1. The van der Waals surface area contributed by atoms with Gasteiger partial charge in [0.25, 0.3) is 0 Å². The van der Waals surface area contributed by atoms with Gasteiger partial charge in [-0.1, -0.05) is 40.0 Å². The summed E-state index contributed by atoms with van der Waals surface area (Å²) in [6.45, 7) is 8.70. The Labute approximate surface area is 112 Å². The standard InChI is InChI=1S/C15H31NO2/c1-4-5-9-18-11-14(17)10-16-15-8-6-7-12(2)13(15)3/h12-17H,4-11H2,1-3H3. The highest BCUT2D eigenvalue weighted by Crippen LogP contribution is 2.29. The molecular formula is C15H31NO2. The SMILES string of the molecule is CCCCOCC(O)CNC1CCCC(C)C1C. The normalized spacial score (nSPS) is 30.3. The van der Waals surface area contributed by atoms with Crippen LogP contribution in [0.25, 0.3) is 0 Å². The minimum Gasteiger partial charge on any atom is -0.389 e. The van der Waals surface area contributed by atoms with Gasteiger partial charge in [-0.3, -0.25) is 0 Å². The molecule has 0 spiro atoms. The van der Waals surface area contributed by atoms with Gasteiger partial charge < -0.3 is 15.2 Å². The molecule has 4 atom stereocenters. The Balaban J connectivity index is 2.11. The molecule has 4 unspecified atom stereocenters. The third-order valence-electron chi connectivity index (χ3n) is 4.27. The molecule has 0 aliphatic heterocycles. The molecule has 1 rings (SSSR count). The van der Waals surface area contributed by atoms with E-state index in [1.807, 2.05) is 0 Å². The van der Waals surface area contributed by atoms with E-state index >= 15 is 0 Å². The first-order valence-corrected chi connectivity index (χ1v) is 7.64. The molecule has 0 saturated heterocycles. The summed E-state index contributed by atoms with van der Waals surface area (Å²) in [5.74, 6) is 1.51. The van der Waals surface area contributed by atoms with Crippen LogP contribution in [-0.4, -0.2) is 37.0 Å². The van der Waals surface area contributed by atoms with Gasteiger partial charge in [0, 0.05) is 19.2 Å². The van der Waals surface area contributed by atoms with E-state index in [-0.39, 0.29) is 6.10 Å². The Morgan fingerprint density at radius 2 is 2.11 bits per heavy atom. The third kappa shape index (κ3) is 5.68. The smallest absolute Gasteiger partial charge is 0.0897 e. The molecule has 0 amide bonds. The average Bonchev–Trinajstić information content (AvgIpc) is 2.36. The van der Waals surface area contributed by atoms with Crippen LogP contribution < -0.4 is 5.32 Å². The van der Waals surface area contributed by atoms with E-state index in [1.165, 1.54) is 19.3 Å². The summed E-state index contributed by atoms with van der Waals surface area (Å²) < 4.78 is 5.43. The fraction of sp³-hybridized carbons (Fsp3) is 1.00. The van der Waals surface area contributed by atoms with Crippen LogP contribution in [0.1, 0.15) is 52.9 Å². The highest BCUT2D eigenvalue weighted by molar-refractivity contribution is 4.82. The van der Waals surface area contributed by atoms with E-state index in [0.717, 1.165) is 25.4 Å². The second kappa shape index (κ2) is 8.89. The van der Waals surface area contributed by atoms with Crippen molar-refractivity contribution >= 4 is 0 Å². The molecule has 0 heterocycles. The molecule has 0 radical (unpaired) electrons. The fourth-order valence-electron chi connectivity index (χ4n) is 2.68. The Morgan fingerprint density at radius 1 is 1.33 bits per heavy atom. The van der Waals surface area contributed by atoms with Gasteiger partial charge in [-0.25, -0.2) is 0 Å². The maximum Gasteiger partial charge on any atom is 0.0897 e. The number of ether oxygens (including phenoxy) is 1. The van der Waals surface area contributed by atoms with E-state index in [9.17, 15) is 5.11 Å². The lowest BCUT2D eigenvalue weighted by Gasteiger charge is -2.35. The molecular weight excluding hydrogens is 226 g/mol. The van der Waals surface area contributed by atoms with Crippen LogP contribution >= 0.6 is 0 Å². The van der Waals surface area contributed by atoms with Crippen molar-refractivity contribution in [2.75, 3.05) is 19.8 Å². The molecule has 1 aliphatic carbocycles. The lowest BCUT2D eigenvalue weighted by molar-refractivity contribution is 0.0318. The summed E-state index contributed by atoms with van der Waals surface area (Å²) in [5.41, 5.74) is 0. The number of nitrogens with one attached hydrogen (secondary N) is 1. The second-order valence-corrected chi connectivity index (χ2v) is 5.86. The van der Waals surface area contributed by atoms with Gasteiger partial charge in [0.2, 0.25) is 0 Å². The van der Waals surface area contributed by atoms with Crippen LogP contribution in [0.5, 0.6) is 0 Å². The summed E-state index contributed by atoms with van der Waals surface area (Å²) in [6.07, 6.45) is 5.76. The zero-order valence-electron chi connectivity index (χ0n) is 12.3. The summed E-state index contributed by atoms with van der Waals surface area (Å²) in [7, 11) is 0. The quantitative estimate of drug-likeness (QED) is 0.657. The van der Waals surface area contributed by atoms with Crippen LogP contribution in [0, 0.1) is 11.8 Å². The van der Waals surface area contributed by atoms with E-state index in [4.69, 9.17) is 4.74 Å². The molecule has 3 nitrogen and oxygen atoms in total. The summed E-state index contributed by atoms with van der Waals surface area (Å²) in [5, 5.41) is 13.4. The number of aliphatic hydroxyl groups is 1. The van der Waals surface area contributed by atoms with Crippen molar-refractivity contribution in [2.24, 2.45) is 11.8 Å². The number of hydrogen-bond donors (Lipinski definition) is 2. The monoisotopic (exact) mass is 257 g/mol. The highest BCUT2D eigenvalue weighted by atomic mass is 16.5. The first kappa shape index (κ1) is 15.9. The Hall–Kier alpha value is -0.120. The second-order valence-electron chi connectivity index (χ2n) is 5.86. The maximum atomic E-state index is 9.84. The fourth-order valence-corrected chi connectivity index (χ4v) is 2.68. The van der Waals surface area contributed by atoms with Gasteiger partial charge in [0.1, 0.15) is 0 Å². The minimum absolute atomic E-state index is 0.369. The van der Waals surface area contributed by atoms with Crippen LogP contribution in [0.15, 0.2) is 0 Å². The summed E-state index contributed by atoms with van der Waals surface area (Å²) in [6, 6.07) is 0.569. The Kier molecular flexibility index (Phi) is 7.87. The van der Waals surface area contributed by atoms with Crippen LogP contribution in [0.3, 0.4) is 0 Å². The van der Waals surface area contributed by atoms with Crippen molar-refractivity contribution in [1.29, 1.82) is 0 Å². The molecule has 0 aromatic heterocycles. The predicted molar refractivity (Wildman–Crippen MR) is 75.7 cm³/mol. The molecule has 108 valence electrons. The van der Waals surface area contributed by atoms with Crippen LogP contribution in [-0.2, 0) is 4.74 Å². The number of aliphatic hydroxyl groups excluding tert-OH is 1. The van der Waals surface area contributed by atoms with Crippen molar-refractivity contribution in [3.05, 3.63) is 0 Å². The van der Waals surface area contributed by atoms with E-state index in [2.05, 4.69) is 26.1 Å². The number of hydrogen-bond acceptors (Lipinski definition) is 3. The molecule has 3 heteroatoms. The van der Waals surface area contributed by atoms with E-state index in [1.54, 1.807) is 0 Å². The van der Waals surface area contributed by atoms with Gasteiger partial charge in [-0.05, 0) is 24.7 Å². The van der Waals surface area contributed by atoms with Crippen molar-refractivity contribution < 1.29 is 9.84 Å². The summed E-state index contributed by atoms with van der Waals surface area (Å²) >= 11 is 0. The zero-order chi connectivity index (χ0) is 13.4. The first-order chi connectivity index (χ1) is 8.65. The highest BCUT2D eigenvalue weighted by Gasteiger charge is 2.26. The van der Waals surface area contributed by atoms with Gasteiger partial charge >= 0.3 is 0 Å². The van der Waals surface area contributed by atoms with Gasteiger partial charge in [0.05, 0.1) is 12.7 Å². The zero-order valence-corrected chi connectivity index (χ0v) is 12.3. The molecule has 0 bridgehead atoms. The molecule has 18 heavy (non-hydrogen) atoms. The molecule has 0 aromatic carbocycles. The van der Waals surface area contributed by atoms with Gasteiger partial charge in [-0.15, -0.1) is 0 Å². The first-order valence-electron chi connectivity index (χ1n) is 7.64. The van der Waals surface area contributed by atoms with Crippen molar-refractivity contribution in [2.45, 2.75) is 65.0 Å². The van der Waals surface area contributed by atoms with Crippen molar-refractivity contribution in [3.63, 3.8) is 0 Å². The van der Waals surface area contributed by atoms with E-state index < -0.39 is 0 Å². The largest absolute Gasteiger partial charge is 0.389 e. The van der Waals surface area contributed by atoms with E-state index in [0.29, 0.717) is 25.1 Å². The average molecular weight is 257 g/mol. The van der Waals surface area contributed by atoms with Crippen molar-refractivity contribution in [1.82, 2.24) is 5.32 Å². The van der Waals surface area contributed by atoms with Gasteiger partial charge in [-0.2, -0.15) is 0 Å². The lowest BCUT2D eigenvalue weighted by atomic mass is 9.78. The van der Waals surface area contributed by atoms with Crippen LogP contribution in [0.4, 0.5) is 0 Å². The molecule has 2 N–H and O–H groups in total. The summed E-state index contributed by atoms with van der Waals surface area (Å²) in [4.78, 5) is 0. The Bertz CT molecular complexity index is 211. The lowest BCUT2D eigenvalue weighted by Crippen LogP contribution is -2.44.